The second-order valence-corrected chi connectivity index (χ2v) is 4.94. The fraction of sp³-hybridized carbons (Fsp3) is 0.571. The molecular weight excluding hydrogens is 266 g/mol. The third-order valence-electron chi connectivity index (χ3n) is 3.12. The van der Waals surface area contributed by atoms with E-state index in [1.165, 1.54) is 0 Å². The van der Waals surface area contributed by atoms with Gasteiger partial charge in [0.2, 0.25) is 0 Å². The Bertz CT molecular complexity index is 443. The molecule has 1 aromatic carbocycles. The fourth-order valence-electron chi connectivity index (χ4n) is 2.00. The number of hydrogen-bond acceptors (Lipinski definition) is 3. The summed E-state index contributed by atoms with van der Waals surface area (Å²) in [6, 6.07) is 1.38. The summed E-state index contributed by atoms with van der Waals surface area (Å²) in [5.41, 5.74) is -0.875. The van der Waals surface area contributed by atoms with E-state index in [-0.39, 0.29) is 11.7 Å². The fourth-order valence-corrected chi connectivity index (χ4v) is 2.00. The molecule has 0 saturated carbocycles. The van der Waals surface area contributed by atoms with Crippen molar-refractivity contribution in [2.45, 2.75) is 52.0 Å². The number of non-ortho nitro benzene ring substituents is 1. The topological polar surface area (TPSA) is 55.2 Å². The molecule has 0 bridgehead atoms. The molecular formula is C14H20F2N2O2. The molecule has 112 valence electrons. The van der Waals surface area contributed by atoms with Crippen molar-refractivity contribution in [1.29, 1.82) is 0 Å². The van der Waals surface area contributed by atoms with Crippen LogP contribution in [0.3, 0.4) is 0 Å². The summed E-state index contributed by atoms with van der Waals surface area (Å²) < 4.78 is 27.3. The minimum Gasteiger partial charge on any atom is -0.378 e. The summed E-state index contributed by atoms with van der Waals surface area (Å²) in [5, 5.41) is 13.2. The van der Waals surface area contributed by atoms with Gasteiger partial charge in [-0.15, -0.1) is 0 Å². The molecule has 0 spiro atoms. The van der Waals surface area contributed by atoms with Gasteiger partial charge in [-0.3, -0.25) is 10.1 Å². The maximum atomic E-state index is 13.7. The summed E-state index contributed by atoms with van der Waals surface area (Å²) in [4.78, 5) is 9.68. The first-order valence-electron chi connectivity index (χ1n) is 6.85. The number of nitro benzene ring substituents is 1. The molecule has 4 nitrogen and oxygen atoms in total. The van der Waals surface area contributed by atoms with Crippen LogP contribution in [0.2, 0.25) is 0 Å². The number of anilines is 1. The van der Waals surface area contributed by atoms with Gasteiger partial charge < -0.3 is 5.32 Å². The van der Waals surface area contributed by atoms with E-state index in [1.54, 1.807) is 0 Å². The van der Waals surface area contributed by atoms with E-state index in [0.717, 1.165) is 44.2 Å². The zero-order valence-electron chi connectivity index (χ0n) is 11.8. The summed E-state index contributed by atoms with van der Waals surface area (Å²) in [6.45, 7) is 3.95. The van der Waals surface area contributed by atoms with E-state index in [2.05, 4.69) is 12.2 Å². The van der Waals surface area contributed by atoms with Crippen LogP contribution < -0.4 is 5.32 Å². The molecule has 0 amide bonds. The summed E-state index contributed by atoms with van der Waals surface area (Å²) in [7, 11) is 0. The van der Waals surface area contributed by atoms with Crippen molar-refractivity contribution >= 4 is 11.4 Å². The molecule has 0 radical (unpaired) electrons. The van der Waals surface area contributed by atoms with Gasteiger partial charge in [-0.1, -0.05) is 32.6 Å². The Kier molecular flexibility index (Phi) is 6.35. The monoisotopic (exact) mass is 286 g/mol. The number of unbranched alkanes of at least 4 members (excludes halogenated alkanes) is 3. The summed E-state index contributed by atoms with van der Waals surface area (Å²) in [6.07, 6.45) is 5.15. The van der Waals surface area contributed by atoms with Crippen LogP contribution >= 0.6 is 0 Å². The van der Waals surface area contributed by atoms with Gasteiger partial charge >= 0.3 is 0 Å². The minimum atomic E-state index is -0.933. The van der Waals surface area contributed by atoms with E-state index in [4.69, 9.17) is 0 Å². The summed E-state index contributed by atoms with van der Waals surface area (Å²) >= 11 is 0. The molecule has 0 aliphatic carbocycles. The highest BCUT2D eigenvalue weighted by Gasteiger charge is 2.18. The Morgan fingerprint density at radius 3 is 2.35 bits per heavy atom. The van der Waals surface area contributed by atoms with Crippen LogP contribution in [0.15, 0.2) is 12.1 Å². The molecule has 0 saturated heterocycles. The molecule has 1 unspecified atom stereocenters. The number of hydrogen-bond donors (Lipinski definition) is 1. The first kappa shape index (κ1) is 16.3. The van der Waals surface area contributed by atoms with E-state index < -0.39 is 22.2 Å². The zero-order valence-corrected chi connectivity index (χ0v) is 11.8. The third kappa shape index (κ3) is 4.75. The van der Waals surface area contributed by atoms with Gasteiger partial charge in [-0.25, -0.2) is 8.78 Å². The Morgan fingerprint density at radius 2 is 1.85 bits per heavy atom. The highest BCUT2D eigenvalue weighted by Crippen LogP contribution is 2.26. The number of nitrogens with one attached hydrogen (secondary N) is 1. The highest BCUT2D eigenvalue weighted by molar-refractivity contribution is 5.52. The van der Waals surface area contributed by atoms with Crippen molar-refractivity contribution in [3.8, 4) is 0 Å². The van der Waals surface area contributed by atoms with E-state index in [1.807, 2.05) is 6.92 Å². The average molecular weight is 286 g/mol. The van der Waals surface area contributed by atoms with Crippen molar-refractivity contribution in [2.24, 2.45) is 0 Å². The Labute approximate surface area is 117 Å². The third-order valence-corrected chi connectivity index (χ3v) is 3.12. The van der Waals surface area contributed by atoms with Crippen LogP contribution in [0.4, 0.5) is 20.2 Å². The standard InChI is InChI=1S/C14H20F2N2O2/c1-3-4-5-6-7-10(2)17-14-12(15)8-11(18(19)20)9-13(14)16/h8-10,17H,3-7H2,1-2H3. The SMILES string of the molecule is CCCCCCC(C)Nc1c(F)cc([N+](=O)[O-])cc1F. The molecule has 0 fully saturated rings. The molecule has 6 heteroatoms. The highest BCUT2D eigenvalue weighted by atomic mass is 19.1. The van der Waals surface area contributed by atoms with Gasteiger partial charge in [0.15, 0.2) is 11.6 Å². The van der Waals surface area contributed by atoms with Crippen LogP contribution in [0.5, 0.6) is 0 Å². The van der Waals surface area contributed by atoms with Crippen molar-refractivity contribution in [3.63, 3.8) is 0 Å². The lowest BCUT2D eigenvalue weighted by molar-refractivity contribution is -0.385. The first-order chi connectivity index (χ1) is 9.45. The van der Waals surface area contributed by atoms with Gasteiger partial charge in [0.25, 0.3) is 5.69 Å². The van der Waals surface area contributed by atoms with Gasteiger partial charge in [0.05, 0.1) is 17.1 Å². The average Bonchev–Trinajstić information content (AvgIpc) is 2.38. The maximum absolute atomic E-state index is 13.7. The van der Waals surface area contributed by atoms with E-state index in [9.17, 15) is 18.9 Å². The first-order valence-corrected chi connectivity index (χ1v) is 6.85. The quantitative estimate of drug-likeness (QED) is 0.430. The molecule has 1 N–H and O–H groups in total. The maximum Gasteiger partial charge on any atom is 0.275 e. The molecule has 1 atom stereocenters. The predicted octanol–water partition coefficient (Wildman–Crippen LogP) is 4.64. The number of halogens is 2. The van der Waals surface area contributed by atoms with Gasteiger partial charge in [0.1, 0.15) is 5.69 Å². The zero-order chi connectivity index (χ0) is 15.1. The number of nitrogens with zero attached hydrogens (tertiary/aromatic N) is 1. The van der Waals surface area contributed by atoms with Crippen LogP contribution in [-0.4, -0.2) is 11.0 Å². The normalized spacial score (nSPS) is 12.2. The van der Waals surface area contributed by atoms with Crippen LogP contribution in [0.1, 0.15) is 46.0 Å². The Hall–Kier alpha value is -1.72. The van der Waals surface area contributed by atoms with E-state index >= 15 is 0 Å². The molecule has 0 heterocycles. The van der Waals surface area contributed by atoms with Gasteiger partial charge in [0, 0.05) is 6.04 Å². The number of nitro groups is 1. The second-order valence-electron chi connectivity index (χ2n) is 4.94. The minimum absolute atomic E-state index is 0.0858. The van der Waals surface area contributed by atoms with Crippen LogP contribution in [0.25, 0.3) is 0 Å². The molecule has 0 aliphatic heterocycles. The Morgan fingerprint density at radius 1 is 1.25 bits per heavy atom. The molecule has 1 rings (SSSR count). The molecule has 0 aliphatic rings. The van der Waals surface area contributed by atoms with Gasteiger partial charge in [-0.05, 0) is 13.3 Å². The van der Waals surface area contributed by atoms with Crippen molar-refractivity contribution < 1.29 is 13.7 Å². The van der Waals surface area contributed by atoms with Gasteiger partial charge in [-0.2, -0.15) is 0 Å². The lowest BCUT2D eigenvalue weighted by Crippen LogP contribution is -2.17. The molecule has 1 aromatic rings. The van der Waals surface area contributed by atoms with Crippen LogP contribution in [0, 0.1) is 21.7 Å². The molecule has 20 heavy (non-hydrogen) atoms. The Balaban J connectivity index is 2.65. The van der Waals surface area contributed by atoms with Crippen LogP contribution in [-0.2, 0) is 0 Å². The summed E-state index contributed by atoms with van der Waals surface area (Å²) in [5.74, 6) is -1.87. The number of rotatable bonds is 8. The smallest absolute Gasteiger partial charge is 0.275 e. The van der Waals surface area contributed by atoms with Crippen molar-refractivity contribution in [3.05, 3.63) is 33.9 Å². The predicted molar refractivity (Wildman–Crippen MR) is 74.9 cm³/mol. The van der Waals surface area contributed by atoms with Crippen molar-refractivity contribution in [1.82, 2.24) is 0 Å². The number of benzene rings is 1. The lowest BCUT2D eigenvalue weighted by atomic mass is 10.1. The van der Waals surface area contributed by atoms with E-state index in [0.29, 0.717) is 0 Å². The van der Waals surface area contributed by atoms with Crippen molar-refractivity contribution in [2.75, 3.05) is 5.32 Å². The second kappa shape index (κ2) is 7.77. The molecule has 0 aromatic heterocycles. The lowest BCUT2D eigenvalue weighted by Gasteiger charge is -2.16. The largest absolute Gasteiger partial charge is 0.378 e.